The van der Waals surface area contributed by atoms with Gasteiger partial charge in [-0.2, -0.15) is 0 Å². The number of nitrogens with zero attached hydrogens (tertiary/aromatic N) is 2. The molecule has 1 aliphatic rings. The third-order valence-electron chi connectivity index (χ3n) is 1.42. The van der Waals surface area contributed by atoms with Crippen molar-refractivity contribution in [3.63, 3.8) is 0 Å². The van der Waals surface area contributed by atoms with Crippen molar-refractivity contribution in [1.29, 1.82) is 0 Å². The molecule has 56 valence electrons. The van der Waals surface area contributed by atoms with Gasteiger partial charge in [-0.15, -0.1) is 0 Å². The van der Waals surface area contributed by atoms with Gasteiger partial charge in [-0.3, -0.25) is 4.52 Å². The molecular formula is C5H8ClN3O. The predicted octanol–water partition coefficient (Wildman–Crippen LogP) is -3.12. The van der Waals surface area contributed by atoms with Crippen LogP contribution in [-0.2, 0) is 0 Å². The Morgan fingerprint density at radius 3 is 2.80 bits per heavy atom. The zero-order valence-corrected chi connectivity index (χ0v) is 6.08. The van der Waals surface area contributed by atoms with Gasteiger partial charge >= 0.3 is 0 Å². The molecule has 0 unspecified atom stereocenters. The highest BCUT2D eigenvalue weighted by Gasteiger charge is 2.35. The fourth-order valence-electron chi connectivity index (χ4n) is 0.783. The van der Waals surface area contributed by atoms with Crippen LogP contribution in [0.15, 0.2) is 10.7 Å². The molecule has 1 aromatic rings. The highest BCUT2D eigenvalue weighted by atomic mass is 35.5. The third kappa shape index (κ3) is 1.21. The second-order valence-corrected chi connectivity index (χ2v) is 2.32. The summed E-state index contributed by atoms with van der Waals surface area (Å²) in [6, 6.07) is 0.561. The van der Waals surface area contributed by atoms with Gasteiger partial charge in [0.25, 0.3) is 12.1 Å². The maximum atomic E-state index is 5.29. The first-order chi connectivity index (χ1) is 4.36. The second-order valence-electron chi connectivity index (χ2n) is 2.32. The summed E-state index contributed by atoms with van der Waals surface area (Å²) in [5.41, 5.74) is 5.29. The van der Waals surface area contributed by atoms with E-state index >= 15 is 0 Å². The molecule has 0 bridgehead atoms. The number of aromatic nitrogens is 2. The van der Waals surface area contributed by atoms with E-state index in [-0.39, 0.29) is 12.4 Å². The smallest absolute Gasteiger partial charge is 0.293 e. The van der Waals surface area contributed by atoms with Crippen LogP contribution in [0.1, 0.15) is 18.9 Å². The molecule has 1 saturated carbocycles. The normalized spacial score (nSPS) is 16.4. The van der Waals surface area contributed by atoms with Gasteiger partial charge in [-0.25, -0.2) is 0 Å². The average Bonchev–Trinajstić information content (AvgIpc) is 2.58. The molecule has 4 nitrogen and oxygen atoms in total. The molecule has 10 heavy (non-hydrogen) atoms. The van der Waals surface area contributed by atoms with Gasteiger partial charge in [0.05, 0.1) is 0 Å². The van der Waals surface area contributed by atoms with E-state index in [4.69, 9.17) is 5.73 Å². The second kappa shape index (κ2) is 2.46. The Kier molecular flexibility index (Phi) is 1.80. The Morgan fingerprint density at radius 2 is 2.40 bits per heavy atom. The quantitative estimate of drug-likeness (QED) is 0.444. The molecule has 1 heterocycles. The van der Waals surface area contributed by atoms with Crippen LogP contribution in [0.5, 0.6) is 0 Å². The van der Waals surface area contributed by atoms with E-state index in [1.54, 1.807) is 10.9 Å². The summed E-state index contributed by atoms with van der Waals surface area (Å²) in [6.45, 7) is 0. The van der Waals surface area contributed by atoms with Gasteiger partial charge in [-0.05, 0) is 4.68 Å². The van der Waals surface area contributed by atoms with Crippen molar-refractivity contribution < 1.29 is 21.6 Å². The zero-order chi connectivity index (χ0) is 6.27. The third-order valence-corrected chi connectivity index (χ3v) is 1.42. The van der Waals surface area contributed by atoms with Crippen LogP contribution in [0, 0.1) is 0 Å². The molecule has 1 aliphatic carbocycles. The first-order valence-corrected chi connectivity index (χ1v) is 3.00. The van der Waals surface area contributed by atoms with Gasteiger partial charge < -0.3 is 18.1 Å². The lowest BCUT2D eigenvalue weighted by Crippen LogP contribution is -3.00. The van der Waals surface area contributed by atoms with Crippen molar-refractivity contribution in [2.45, 2.75) is 18.9 Å². The molecule has 0 aliphatic heterocycles. The number of nitrogens with two attached hydrogens (primary N) is 1. The van der Waals surface area contributed by atoms with E-state index in [0.29, 0.717) is 11.9 Å². The Balaban J connectivity index is 0.000000500. The fraction of sp³-hybridized carbons (Fsp3) is 0.600. The van der Waals surface area contributed by atoms with Crippen molar-refractivity contribution in [3.8, 4) is 0 Å². The summed E-state index contributed by atoms with van der Waals surface area (Å²) in [5.74, 6) is 0.391. The van der Waals surface area contributed by atoms with Crippen molar-refractivity contribution in [1.82, 2.24) is 5.27 Å². The monoisotopic (exact) mass is 161 g/mol. The van der Waals surface area contributed by atoms with Crippen molar-refractivity contribution in [2.24, 2.45) is 0 Å². The topological polar surface area (TPSA) is 55.9 Å². The standard InChI is InChI=1S/C5H8N3O.ClH/c6-5-3-8(7-9-5)4-1-2-4;/h3-4H,1-2,6H2;1H/q+1;/p-1. The predicted molar refractivity (Wildman–Crippen MR) is 29.4 cm³/mol. The van der Waals surface area contributed by atoms with E-state index < -0.39 is 0 Å². The number of hydrogen-bond donors (Lipinski definition) is 1. The van der Waals surface area contributed by atoms with Crippen LogP contribution < -0.4 is 22.8 Å². The van der Waals surface area contributed by atoms with E-state index in [9.17, 15) is 0 Å². The molecule has 1 fully saturated rings. The lowest BCUT2D eigenvalue weighted by molar-refractivity contribution is -0.765. The Hall–Kier alpha value is -0.770. The molecule has 1 aromatic heterocycles. The molecule has 5 heteroatoms. The molecule has 0 saturated heterocycles. The lowest BCUT2D eigenvalue weighted by Gasteiger charge is -1.71. The highest BCUT2D eigenvalue weighted by Crippen LogP contribution is 2.28. The van der Waals surface area contributed by atoms with Crippen molar-refractivity contribution >= 4 is 5.88 Å². The number of rotatable bonds is 1. The SMILES string of the molecule is Nc1c[n+](C2CC2)no1.[Cl-]. The van der Waals surface area contributed by atoms with Crippen LogP contribution in [0.3, 0.4) is 0 Å². The van der Waals surface area contributed by atoms with Gasteiger partial charge in [0, 0.05) is 12.8 Å². The molecular weight excluding hydrogens is 154 g/mol. The first-order valence-electron chi connectivity index (χ1n) is 3.00. The highest BCUT2D eigenvalue weighted by molar-refractivity contribution is 5.11. The largest absolute Gasteiger partial charge is 1.00 e. The minimum Gasteiger partial charge on any atom is -1.00 e. The number of hydrogen-bond acceptors (Lipinski definition) is 3. The summed E-state index contributed by atoms with van der Waals surface area (Å²) >= 11 is 0. The summed E-state index contributed by atoms with van der Waals surface area (Å²) in [7, 11) is 0. The van der Waals surface area contributed by atoms with Gasteiger partial charge in [0.15, 0.2) is 6.04 Å². The lowest BCUT2D eigenvalue weighted by atomic mass is 10.7. The van der Waals surface area contributed by atoms with Crippen LogP contribution in [0.4, 0.5) is 5.88 Å². The summed E-state index contributed by atoms with van der Waals surface area (Å²) in [4.78, 5) is 0. The Bertz CT molecular complexity index is 220. The van der Waals surface area contributed by atoms with Crippen LogP contribution >= 0.6 is 0 Å². The molecule has 0 radical (unpaired) electrons. The molecule has 2 rings (SSSR count). The van der Waals surface area contributed by atoms with Gasteiger partial charge in [-0.1, -0.05) is 0 Å². The molecule has 0 spiro atoms. The van der Waals surface area contributed by atoms with Crippen molar-refractivity contribution in [3.05, 3.63) is 6.20 Å². The van der Waals surface area contributed by atoms with Crippen molar-refractivity contribution in [2.75, 3.05) is 5.73 Å². The van der Waals surface area contributed by atoms with Crippen LogP contribution in [-0.4, -0.2) is 5.27 Å². The summed E-state index contributed by atoms with van der Waals surface area (Å²) in [5, 5.41) is 3.69. The summed E-state index contributed by atoms with van der Waals surface area (Å²) in [6.07, 6.45) is 4.13. The van der Waals surface area contributed by atoms with E-state index in [0.717, 1.165) is 0 Å². The Labute approximate surface area is 64.4 Å². The average molecular weight is 162 g/mol. The van der Waals surface area contributed by atoms with Crippen LogP contribution in [0.2, 0.25) is 0 Å². The minimum atomic E-state index is 0. The summed E-state index contributed by atoms with van der Waals surface area (Å²) < 4.78 is 6.43. The molecule has 2 N–H and O–H groups in total. The molecule has 0 amide bonds. The van der Waals surface area contributed by atoms with E-state index in [1.807, 2.05) is 0 Å². The maximum Gasteiger partial charge on any atom is 0.293 e. The van der Waals surface area contributed by atoms with Gasteiger partial charge in [0.1, 0.15) is 0 Å². The number of nitrogen functional groups attached to an aromatic ring is 1. The minimum absolute atomic E-state index is 0. The Morgan fingerprint density at radius 1 is 1.70 bits per heavy atom. The fourth-order valence-corrected chi connectivity index (χ4v) is 0.783. The number of anilines is 1. The maximum absolute atomic E-state index is 5.29. The zero-order valence-electron chi connectivity index (χ0n) is 5.33. The molecule has 0 atom stereocenters. The van der Waals surface area contributed by atoms with Crippen LogP contribution in [0.25, 0.3) is 0 Å². The molecule has 0 aromatic carbocycles. The van der Waals surface area contributed by atoms with Gasteiger partial charge in [0.2, 0.25) is 5.27 Å². The first kappa shape index (κ1) is 7.34. The van der Waals surface area contributed by atoms with E-state index in [2.05, 4.69) is 9.79 Å². The number of halogens is 1. The van der Waals surface area contributed by atoms with E-state index in [1.165, 1.54) is 12.8 Å².